The highest BCUT2D eigenvalue weighted by atomic mass is 16.2. The normalized spacial score (nSPS) is 21.1. The zero-order valence-electron chi connectivity index (χ0n) is 9.03. The van der Waals surface area contributed by atoms with Crippen molar-refractivity contribution in [2.45, 2.75) is 19.4 Å². The van der Waals surface area contributed by atoms with Crippen LogP contribution in [0.1, 0.15) is 12.0 Å². The Bertz CT molecular complexity index is 378. The summed E-state index contributed by atoms with van der Waals surface area (Å²) in [6.07, 6.45) is 4.36. The molecule has 0 bridgehead atoms. The molecule has 15 heavy (non-hydrogen) atoms. The molecule has 1 unspecified atom stereocenters. The van der Waals surface area contributed by atoms with Crippen molar-refractivity contribution in [3.05, 3.63) is 24.0 Å². The molecule has 4 heteroatoms. The van der Waals surface area contributed by atoms with E-state index in [-0.39, 0.29) is 11.9 Å². The Morgan fingerprint density at radius 2 is 2.40 bits per heavy atom. The lowest BCUT2D eigenvalue weighted by molar-refractivity contribution is -0.118. The first-order valence-electron chi connectivity index (χ1n) is 5.13. The van der Waals surface area contributed by atoms with Crippen LogP contribution in [0.3, 0.4) is 0 Å². The average molecular weight is 205 g/mol. The first kappa shape index (κ1) is 10.1. The number of amides is 1. The highest BCUT2D eigenvalue weighted by molar-refractivity contribution is 5.99. The summed E-state index contributed by atoms with van der Waals surface area (Å²) in [4.78, 5) is 17.8. The highest BCUT2D eigenvalue weighted by Gasteiger charge is 2.31. The summed E-state index contributed by atoms with van der Waals surface area (Å²) in [5.41, 5.74) is 2.02. The molecule has 0 aliphatic carbocycles. The minimum atomic E-state index is -0.0374. The Morgan fingerprint density at radius 3 is 3.00 bits per heavy atom. The van der Waals surface area contributed by atoms with Crippen molar-refractivity contribution in [3.63, 3.8) is 0 Å². The molecule has 0 aromatic carbocycles. The average Bonchev–Trinajstić information content (AvgIpc) is 2.60. The van der Waals surface area contributed by atoms with E-state index in [1.54, 1.807) is 12.4 Å². The molecule has 0 radical (unpaired) electrons. The molecule has 1 aromatic rings. The summed E-state index contributed by atoms with van der Waals surface area (Å²) in [6.45, 7) is 2.77. The van der Waals surface area contributed by atoms with Gasteiger partial charge in [-0.3, -0.25) is 9.78 Å². The second kappa shape index (κ2) is 3.98. The Kier molecular flexibility index (Phi) is 2.68. The van der Waals surface area contributed by atoms with Gasteiger partial charge in [-0.25, -0.2) is 0 Å². The van der Waals surface area contributed by atoms with Gasteiger partial charge >= 0.3 is 0 Å². The highest BCUT2D eigenvalue weighted by Crippen LogP contribution is 2.23. The summed E-state index contributed by atoms with van der Waals surface area (Å²) in [5, 5.41) is 3.02. The van der Waals surface area contributed by atoms with E-state index in [0.29, 0.717) is 0 Å². The number of pyridine rings is 1. The molecular weight excluding hydrogens is 190 g/mol. The fourth-order valence-corrected chi connectivity index (χ4v) is 1.93. The second-order valence-electron chi connectivity index (χ2n) is 3.78. The maximum absolute atomic E-state index is 11.9. The number of anilines is 1. The zero-order chi connectivity index (χ0) is 10.8. The maximum Gasteiger partial charge on any atom is 0.244 e. The molecule has 80 valence electrons. The number of likely N-dealkylation sites (N-methyl/N-ethyl adjacent to an activating group) is 1. The van der Waals surface area contributed by atoms with E-state index in [4.69, 9.17) is 0 Å². The van der Waals surface area contributed by atoms with Crippen molar-refractivity contribution >= 4 is 11.6 Å². The standard InChI is InChI=1S/C11H15N3O/c1-8-3-5-13-7-10(8)14-6-4-9(12-2)11(14)15/h3,5,7,9,12H,4,6H2,1-2H3. The lowest BCUT2D eigenvalue weighted by atomic mass is 10.2. The van der Waals surface area contributed by atoms with Gasteiger partial charge < -0.3 is 10.2 Å². The van der Waals surface area contributed by atoms with Crippen molar-refractivity contribution in [2.24, 2.45) is 0 Å². The number of carbonyl (C=O) groups is 1. The van der Waals surface area contributed by atoms with Crippen LogP contribution in [0, 0.1) is 6.92 Å². The van der Waals surface area contributed by atoms with Crippen LogP contribution in [0.4, 0.5) is 5.69 Å². The van der Waals surface area contributed by atoms with Gasteiger partial charge in [0.05, 0.1) is 17.9 Å². The van der Waals surface area contributed by atoms with Crippen LogP contribution < -0.4 is 10.2 Å². The first-order chi connectivity index (χ1) is 7.24. The van der Waals surface area contributed by atoms with E-state index in [1.165, 1.54) is 0 Å². The molecule has 4 nitrogen and oxygen atoms in total. The number of aryl methyl sites for hydroxylation is 1. The SMILES string of the molecule is CNC1CCN(c2cnccc2C)C1=O. The van der Waals surface area contributed by atoms with Crippen LogP contribution in [-0.4, -0.2) is 30.5 Å². The third-order valence-electron chi connectivity index (χ3n) is 2.86. The van der Waals surface area contributed by atoms with E-state index in [1.807, 2.05) is 24.9 Å². The Morgan fingerprint density at radius 1 is 1.60 bits per heavy atom. The molecule has 0 spiro atoms. The summed E-state index contributed by atoms with van der Waals surface area (Å²) < 4.78 is 0. The summed E-state index contributed by atoms with van der Waals surface area (Å²) >= 11 is 0. The Hall–Kier alpha value is -1.42. The van der Waals surface area contributed by atoms with Gasteiger partial charge in [0.15, 0.2) is 0 Å². The van der Waals surface area contributed by atoms with Gasteiger partial charge in [0, 0.05) is 12.7 Å². The van der Waals surface area contributed by atoms with E-state index < -0.39 is 0 Å². The predicted molar refractivity (Wildman–Crippen MR) is 58.8 cm³/mol. The Labute approximate surface area is 89.3 Å². The van der Waals surface area contributed by atoms with Crippen molar-refractivity contribution in [1.82, 2.24) is 10.3 Å². The van der Waals surface area contributed by atoms with Crippen LogP contribution in [0.25, 0.3) is 0 Å². The van der Waals surface area contributed by atoms with Crippen molar-refractivity contribution in [2.75, 3.05) is 18.5 Å². The minimum Gasteiger partial charge on any atom is -0.309 e. The lowest BCUT2D eigenvalue weighted by Crippen LogP contribution is -2.36. The van der Waals surface area contributed by atoms with E-state index in [2.05, 4.69) is 10.3 Å². The lowest BCUT2D eigenvalue weighted by Gasteiger charge is -2.18. The maximum atomic E-state index is 11.9. The van der Waals surface area contributed by atoms with Crippen LogP contribution >= 0.6 is 0 Å². The van der Waals surface area contributed by atoms with Gasteiger partial charge in [-0.15, -0.1) is 0 Å². The van der Waals surface area contributed by atoms with Gasteiger partial charge in [0.25, 0.3) is 0 Å². The largest absolute Gasteiger partial charge is 0.309 e. The molecule has 1 fully saturated rings. The molecule has 2 heterocycles. The number of hydrogen-bond donors (Lipinski definition) is 1. The van der Waals surface area contributed by atoms with E-state index in [0.717, 1.165) is 24.2 Å². The van der Waals surface area contributed by atoms with Gasteiger partial charge in [-0.05, 0) is 32.0 Å². The van der Waals surface area contributed by atoms with E-state index >= 15 is 0 Å². The zero-order valence-corrected chi connectivity index (χ0v) is 9.03. The third kappa shape index (κ3) is 1.72. The van der Waals surface area contributed by atoms with Crippen LogP contribution in [-0.2, 0) is 4.79 Å². The molecular formula is C11H15N3O. The van der Waals surface area contributed by atoms with Crippen molar-refractivity contribution in [1.29, 1.82) is 0 Å². The molecule has 2 rings (SSSR count). The van der Waals surface area contributed by atoms with E-state index in [9.17, 15) is 4.79 Å². The number of nitrogens with one attached hydrogen (secondary N) is 1. The number of hydrogen-bond acceptors (Lipinski definition) is 3. The van der Waals surface area contributed by atoms with Crippen LogP contribution in [0.2, 0.25) is 0 Å². The second-order valence-corrected chi connectivity index (χ2v) is 3.78. The molecule has 1 aliphatic rings. The minimum absolute atomic E-state index is 0.0374. The van der Waals surface area contributed by atoms with Crippen LogP contribution in [0.5, 0.6) is 0 Å². The predicted octanol–water partition coefficient (Wildman–Crippen LogP) is 0.715. The fraction of sp³-hybridized carbons (Fsp3) is 0.455. The molecule has 0 saturated carbocycles. The Balaban J connectivity index is 2.27. The smallest absolute Gasteiger partial charge is 0.244 e. The summed E-state index contributed by atoms with van der Waals surface area (Å²) in [7, 11) is 1.82. The van der Waals surface area contributed by atoms with Gasteiger partial charge in [-0.1, -0.05) is 0 Å². The molecule has 1 atom stereocenters. The van der Waals surface area contributed by atoms with Gasteiger partial charge in [0.2, 0.25) is 5.91 Å². The number of nitrogens with zero attached hydrogens (tertiary/aromatic N) is 2. The third-order valence-corrected chi connectivity index (χ3v) is 2.86. The summed E-state index contributed by atoms with van der Waals surface area (Å²) in [5.74, 6) is 0.147. The number of carbonyl (C=O) groups excluding carboxylic acids is 1. The quantitative estimate of drug-likeness (QED) is 0.773. The van der Waals surface area contributed by atoms with Crippen LogP contribution in [0.15, 0.2) is 18.5 Å². The van der Waals surface area contributed by atoms with Gasteiger partial charge in [-0.2, -0.15) is 0 Å². The fourth-order valence-electron chi connectivity index (χ4n) is 1.93. The number of rotatable bonds is 2. The van der Waals surface area contributed by atoms with Crippen molar-refractivity contribution < 1.29 is 4.79 Å². The molecule has 1 saturated heterocycles. The first-order valence-corrected chi connectivity index (χ1v) is 5.13. The molecule has 1 N–H and O–H groups in total. The number of aromatic nitrogens is 1. The van der Waals surface area contributed by atoms with Gasteiger partial charge in [0.1, 0.15) is 0 Å². The van der Waals surface area contributed by atoms with Crippen molar-refractivity contribution in [3.8, 4) is 0 Å². The molecule has 1 aromatic heterocycles. The topological polar surface area (TPSA) is 45.2 Å². The summed E-state index contributed by atoms with van der Waals surface area (Å²) in [6, 6.07) is 1.89. The molecule has 1 aliphatic heterocycles. The molecule has 1 amide bonds. The monoisotopic (exact) mass is 205 g/mol.